The number of rotatable bonds is 7. The van der Waals surface area contributed by atoms with Crippen LogP contribution in [-0.2, 0) is 9.84 Å². The first-order chi connectivity index (χ1) is 9.71. The molecule has 1 aromatic carbocycles. The van der Waals surface area contributed by atoms with Crippen LogP contribution in [0.5, 0.6) is 11.5 Å². The van der Waals surface area contributed by atoms with Gasteiger partial charge in [-0.05, 0) is 45.9 Å². The van der Waals surface area contributed by atoms with E-state index in [2.05, 4.69) is 0 Å². The molecule has 21 heavy (non-hydrogen) atoms. The molecule has 5 nitrogen and oxygen atoms in total. The van der Waals surface area contributed by atoms with Crippen molar-refractivity contribution >= 4 is 16.1 Å². The van der Waals surface area contributed by atoms with E-state index >= 15 is 0 Å². The molecule has 0 heterocycles. The summed E-state index contributed by atoms with van der Waals surface area (Å²) in [5.74, 6) is 0.805. The van der Waals surface area contributed by atoms with Gasteiger partial charge in [-0.15, -0.1) is 0 Å². The Kier molecular flexibility index (Phi) is 5.78. The average Bonchev–Trinajstić information content (AvgIpc) is 2.39. The summed E-state index contributed by atoms with van der Waals surface area (Å²) in [4.78, 5) is 10.8. The van der Waals surface area contributed by atoms with E-state index in [-0.39, 0.29) is 12.4 Å². The number of sulfone groups is 1. The normalized spacial score (nSPS) is 12.0. The molecule has 1 rings (SSSR count). The second-order valence-corrected chi connectivity index (χ2v) is 8.40. The summed E-state index contributed by atoms with van der Waals surface area (Å²) >= 11 is 0. The summed E-state index contributed by atoms with van der Waals surface area (Å²) < 4.78 is 34.1. The number of ether oxygens (including phenoxy) is 2. The van der Waals surface area contributed by atoms with E-state index in [1.807, 2.05) is 6.92 Å². The summed E-state index contributed by atoms with van der Waals surface area (Å²) in [6.07, 6.45) is 0.719. The zero-order chi connectivity index (χ0) is 16.1. The summed E-state index contributed by atoms with van der Waals surface area (Å²) in [5.41, 5.74) is 0.480. The van der Waals surface area contributed by atoms with Crippen molar-refractivity contribution in [2.75, 3.05) is 19.0 Å². The van der Waals surface area contributed by atoms with Gasteiger partial charge in [0.15, 0.2) is 21.3 Å². The molecule has 0 saturated carbocycles. The van der Waals surface area contributed by atoms with Crippen LogP contribution in [0.4, 0.5) is 0 Å². The zero-order valence-electron chi connectivity index (χ0n) is 12.9. The Morgan fingerprint density at radius 1 is 1.14 bits per heavy atom. The molecule has 0 aromatic heterocycles. The van der Waals surface area contributed by atoms with Crippen LogP contribution in [0.25, 0.3) is 0 Å². The fourth-order valence-corrected chi connectivity index (χ4v) is 2.47. The van der Waals surface area contributed by atoms with Gasteiger partial charge in [-0.25, -0.2) is 8.42 Å². The molecule has 0 amide bonds. The van der Waals surface area contributed by atoms with Gasteiger partial charge in [0.1, 0.15) is 12.9 Å². The highest BCUT2D eigenvalue weighted by Crippen LogP contribution is 2.28. The van der Waals surface area contributed by atoms with Crippen LogP contribution in [0.2, 0.25) is 0 Å². The maximum Gasteiger partial charge on any atom is 0.161 e. The van der Waals surface area contributed by atoms with E-state index in [9.17, 15) is 13.2 Å². The second kappa shape index (κ2) is 6.93. The third kappa shape index (κ3) is 4.74. The maximum absolute atomic E-state index is 12.0. The minimum Gasteiger partial charge on any atom is -0.490 e. The molecule has 1 aromatic rings. The molecule has 0 N–H and O–H groups in total. The van der Waals surface area contributed by atoms with Gasteiger partial charge in [-0.2, -0.15) is 0 Å². The van der Waals surface area contributed by atoms with Crippen molar-refractivity contribution in [3.8, 4) is 11.5 Å². The molecular formula is C15H22O5S. The first-order valence-electron chi connectivity index (χ1n) is 6.78. The van der Waals surface area contributed by atoms with Crippen molar-refractivity contribution in [2.24, 2.45) is 0 Å². The van der Waals surface area contributed by atoms with Crippen LogP contribution in [0.15, 0.2) is 18.2 Å². The largest absolute Gasteiger partial charge is 0.490 e. The van der Waals surface area contributed by atoms with Gasteiger partial charge in [0, 0.05) is 5.56 Å². The lowest BCUT2D eigenvalue weighted by molar-refractivity contribution is 0.112. The molecule has 0 radical (unpaired) electrons. The van der Waals surface area contributed by atoms with Crippen LogP contribution >= 0.6 is 0 Å². The standard InChI is InChI=1S/C15H22O5S/c1-5-19-14-10-12(11-16)6-7-13(14)20-8-9-21(17,18)15(2,3)4/h6-7,10-11H,5,8-9H2,1-4H3. The van der Waals surface area contributed by atoms with Crippen LogP contribution < -0.4 is 9.47 Å². The van der Waals surface area contributed by atoms with Crippen molar-refractivity contribution in [1.82, 2.24) is 0 Å². The SMILES string of the molecule is CCOc1cc(C=O)ccc1OCCS(=O)(=O)C(C)(C)C. The third-order valence-electron chi connectivity index (χ3n) is 2.95. The first-order valence-corrected chi connectivity index (χ1v) is 8.43. The zero-order valence-corrected chi connectivity index (χ0v) is 13.7. The van der Waals surface area contributed by atoms with Crippen LogP contribution in [0, 0.1) is 0 Å². The van der Waals surface area contributed by atoms with Crippen molar-refractivity contribution in [3.63, 3.8) is 0 Å². The van der Waals surface area contributed by atoms with Crippen LogP contribution in [0.3, 0.4) is 0 Å². The quantitative estimate of drug-likeness (QED) is 0.723. The summed E-state index contributed by atoms with van der Waals surface area (Å²) in [5, 5.41) is 0. The highest BCUT2D eigenvalue weighted by Gasteiger charge is 2.28. The van der Waals surface area contributed by atoms with Gasteiger partial charge >= 0.3 is 0 Å². The van der Waals surface area contributed by atoms with Gasteiger partial charge in [0.2, 0.25) is 0 Å². The molecule has 0 spiro atoms. The number of carbonyl (C=O) groups excluding carboxylic acids is 1. The number of carbonyl (C=O) groups is 1. The van der Waals surface area contributed by atoms with Gasteiger partial charge < -0.3 is 9.47 Å². The predicted molar refractivity (Wildman–Crippen MR) is 82.0 cm³/mol. The molecule has 0 fully saturated rings. The average molecular weight is 314 g/mol. The fourth-order valence-electron chi connectivity index (χ4n) is 1.55. The number of aldehydes is 1. The highest BCUT2D eigenvalue weighted by molar-refractivity contribution is 7.92. The summed E-state index contributed by atoms with van der Waals surface area (Å²) in [7, 11) is -3.23. The number of hydrogen-bond donors (Lipinski definition) is 0. The lowest BCUT2D eigenvalue weighted by atomic mass is 10.2. The van der Waals surface area contributed by atoms with Crippen molar-refractivity contribution in [2.45, 2.75) is 32.4 Å². The van der Waals surface area contributed by atoms with Gasteiger partial charge in [-0.1, -0.05) is 0 Å². The molecule has 0 aliphatic heterocycles. The Morgan fingerprint density at radius 2 is 1.81 bits per heavy atom. The molecule has 0 saturated heterocycles. The molecule has 0 unspecified atom stereocenters. The van der Waals surface area contributed by atoms with E-state index in [1.165, 1.54) is 0 Å². The van der Waals surface area contributed by atoms with Crippen LogP contribution in [-0.4, -0.2) is 38.4 Å². The maximum atomic E-state index is 12.0. The Morgan fingerprint density at radius 3 is 2.33 bits per heavy atom. The second-order valence-electron chi connectivity index (χ2n) is 5.54. The predicted octanol–water partition coefficient (Wildman–Crippen LogP) is 2.49. The molecular weight excluding hydrogens is 292 g/mol. The topological polar surface area (TPSA) is 69.7 Å². The Balaban J connectivity index is 2.78. The van der Waals surface area contributed by atoms with Gasteiger partial charge in [0.25, 0.3) is 0 Å². The molecule has 0 aliphatic rings. The number of hydrogen-bond acceptors (Lipinski definition) is 5. The van der Waals surface area contributed by atoms with Gasteiger partial charge in [-0.3, -0.25) is 4.79 Å². The lowest BCUT2D eigenvalue weighted by Crippen LogP contribution is -2.32. The molecule has 0 bridgehead atoms. The first kappa shape index (κ1) is 17.5. The van der Waals surface area contributed by atoms with Crippen molar-refractivity contribution in [1.29, 1.82) is 0 Å². The highest BCUT2D eigenvalue weighted by atomic mass is 32.2. The Labute approximate surface area is 126 Å². The van der Waals surface area contributed by atoms with Crippen molar-refractivity contribution in [3.05, 3.63) is 23.8 Å². The van der Waals surface area contributed by atoms with Crippen molar-refractivity contribution < 1.29 is 22.7 Å². The molecule has 118 valence electrons. The molecule has 6 heteroatoms. The Hall–Kier alpha value is -1.56. The van der Waals surface area contributed by atoms with E-state index in [0.29, 0.717) is 23.7 Å². The minimum atomic E-state index is -3.23. The van der Waals surface area contributed by atoms with E-state index in [1.54, 1.807) is 39.0 Å². The summed E-state index contributed by atoms with van der Waals surface area (Å²) in [6.45, 7) is 7.27. The van der Waals surface area contributed by atoms with Crippen LogP contribution in [0.1, 0.15) is 38.1 Å². The molecule has 0 aliphatic carbocycles. The van der Waals surface area contributed by atoms with E-state index in [0.717, 1.165) is 6.29 Å². The smallest absolute Gasteiger partial charge is 0.161 e. The van der Waals surface area contributed by atoms with E-state index < -0.39 is 14.6 Å². The molecule has 0 atom stereocenters. The fraction of sp³-hybridized carbons (Fsp3) is 0.533. The third-order valence-corrected chi connectivity index (χ3v) is 5.52. The summed E-state index contributed by atoms with van der Waals surface area (Å²) in [6, 6.07) is 4.78. The number of benzene rings is 1. The minimum absolute atomic E-state index is 0.0418. The lowest BCUT2D eigenvalue weighted by Gasteiger charge is -2.19. The van der Waals surface area contributed by atoms with Gasteiger partial charge in [0.05, 0.1) is 17.1 Å². The monoisotopic (exact) mass is 314 g/mol. The Bertz CT molecular complexity index is 585. The van der Waals surface area contributed by atoms with E-state index in [4.69, 9.17) is 9.47 Å².